The fourth-order valence-electron chi connectivity index (χ4n) is 2.88. The van der Waals surface area contributed by atoms with Crippen molar-refractivity contribution in [3.63, 3.8) is 0 Å². The zero-order valence-corrected chi connectivity index (χ0v) is 18.4. The second-order valence-electron chi connectivity index (χ2n) is 6.42. The van der Waals surface area contributed by atoms with E-state index in [0.29, 0.717) is 24.5 Å². The maximum Gasteiger partial charge on any atom is 0.271 e. The monoisotopic (exact) mass is 445 g/mol. The number of thioether (sulfide) groups is 1. The molecule has 0 radical (unpaired) electrons. The van der Waals surface area contributed by atoms with Crippen LogP contribution in [-0.4, -0.2) is 14.5 Å². The summed E-state index contributed by atoms with van der Waals surface area (Å²) in [5.74, 6) is 0.730. The summed E-state index contributed by atoms with van der Waals surface area (Å²) in [6.45, 7) is 4.16. The lowest BCUT2D eigenvalue weighted by Crippen LogP contribution is -2.09. The molecule has 1 N–H and O–H groups in total. The second-order valence-corrected chi connectivity index (χ2v) is 9.47. The van der Waals surface area contributed by atoms with Crippen LogP contribution in [0.5, 0.6) is 0 Å². The van der Waals surface area contributed by atoms with Crippen LogP contribution in [0.25, 0.3) is 16.0 Å². The molecule has 0 fully saturated rings. The lowest BCUT2D eigenvalue weighted by Gasteiger charge is -2.08. The zero-order chi connectivity index (χ0) is 19.8. The summed E-state index contributed by atoms with van der Waals surface area (Å²) in [5.41, 5.74) is 4.91. The van der Waals surface area contributed by atoms with E-state index in [0.717, 1.165) is 11.4 Å². The van der Waals surface area contributed by atoms with Gasteiger partial charge < -0.3 is 4.98 Å². The molecule has 0 spiro atoms. The first-order valence-electron chi connectivity index (χ1n) is 8.53. The molecule has 0 saturated carbocycles. The van der Waals surface area contributed by atoms with E-state index in [1.165, 1.54) is 39.8 Å². The third-order valence-corrected chi connectivity index (χ3v) is 6.91. The first-order valence-corrected chi connectivity index (χ1v) is 11.1. The maximum atomic E-state index is 12.6. The molecule has 0 aliphatic carbocycles. The number of nitrogens with one attached hydrogen (secondary N) is 1. The van der Waals surface area contributed by atoms with Gasteiger partial charge in [0.2, 0.25) is 0 Å². The number of hydrogen-bond acceptors (Lipinski definition) is 5. The standard InChI is InChI=1S/C20H16ClN3OS3/c1-11-3-4-12(2)13(9-11)10-27-19-22-17-16(18(25)23-19)28-20(26)24(17)15-7-5-14(21)6-8-15/h3-9H,10H2,1-2H3,(H,22,23,25). The maximum absolute atomic E-state index is 12.6. The van der Waals surface area contributed by atoms with Crippen molar-refractivity contribution in [2.75, 3.05) is 0 Å². The SMILES string of the molecule is Cc1ccc(C)c(CSc2nc3c(sc(=S)n3-c3ccc(Cl)cc3)c(=O)[nH]2)c1. The van der Waals surface area contributed by atoms with Crippen LogP contribution in [0.4, 0.5) is 0 Å². The minimum absolute atomic E-state index is 0.169. The zero-order valence-electron chi connectivity index (χ0n) is 15.2. The van der Waals surface area contributed by atoms with Crippen LogP contribution in [0.15, 0.2) is 52.4 Å². The molecule has 0 aliphatic rings. The fourth-order valence-corrected chi connectivity index (χ4v) is 5.20. The Kier molecular flexibility index (Phi) is 5.42. The highest BCUT2D eigenvalue weighted by Crippen LogP contribution is 2.27. The number of benzene rings is 2. The molecule has 4 aromatic rings. The predicted molar refractivity (Wildman–Crippen MR) is 121 cm³/mol. The van der Waals surface area contributed by atoms with Gasteiger partial charge in [0, 0.05) is 16.5 Å². The lowest BCUT2D eigenvalue weighted by molar-refractivity contribution is 0.943. The van der Waals surface area contributed by atoms with E-state index >= 15 is 0 Å². The van der Waals surface area contributed by atoms with Gasteiger partial charge in [-0.25, -0.2) is 4.98 Å². The molecule has 2 aromatic heterocycles. The Morgan fingerprint density at radius 1 is 1.21 bits per heavy atom. The quantitative estimate of drug-likeness (QED) is 0.235. The normalized spacial score (nSPS) is 11.2. The Morgan fingerprint density at radius 2 is 1.96 bits per heavy atom. The highest BCUT2D eigenvalue weighted by atomic mass is 35.5. The molecule has 4 rings (SSSR count). The van der Waals surface area contributed by atoms with Crippen LogP contribution in [0.3, 0.4) is 0 Å². The molecular weight excluding hydrogens is 430 g/mol. The minimum atomic E-state index is -0.169. The summed E-state index contributed by atoms with van der Waals surface area (Å²) in [5, 5.41) is 1.22. The Balaban J connectivity index is 1.76. The predicted octanol–water partition coefficient (Wildman–Crippen LogP) is 6.07. The van der Waals surface area contributed by atoms with Crippen molar-refractivity contribution in [1.82, 2.24) is 14.5 Å². The Hall–Kier alpha value is -1.93. The summed E-state index contributed by atoms with van der Waals surface area (Å²) >= 11 is 14.3. The molecule has 0 saturated heterocycles. The van der Waals surface area contributed by atoms with Gasteiger partial charge in [0.1, 0.15) is 4.70 Å². The number of fused-ring (bicyclic) bond motifs is 1. The van der Waals surface area contributed by atoms with Crippen LogP contribution in [0.2, 0.25) is 5.02 Å². The highest BCUT2D eigenvalue weighted by molar-refractivity contribution is 7.98. The van der Waals surface area contributed by atoms with Gasteiger partial charge in [-0.3, -0.25) is 9.36 Å². The fraction of sp³-hybridized carbons (Fsp3) is 0.150. The summed E-state index contributed by atoms with van der Waals surface area (Å²) in [6.07, 6.45) is 0. The molecule has 0 aliphatic heterocycles. The molecule has 8 heteroatoms. The summed E-state index contributed by atoms with van der Waals surface area (Å²) < 4.78 is 2.92. The molecule has 0 bridgehead atoms. The molecule has 4 nitrogen and oxygen atoms in total. The number of halogens is 1. The summed E-state index contributed by atoms with van der Waals surface area (Å²) in [6, 6.07) is 13.7. The van der Waals surface area contributed by atoms with E-state index in [1.54, 1.807) is 12.1 Å². The average molecular weight is 446 g/mol. The van der Waals surface area contributed by atoms with Crippen molar-refractivity contribution in [3.05, 3.63) is 78.5 Å². The van der Waals surface area contributed by atoms with E-state index in [9.17, 15) is 4.79 Å². The van der Waals surface area contributed by atoms with Gasteiger partial charge in [0.05, 0.1) is 0 Å². The molecule has 2 aromatic carbocycles. The van der Waals surface area contributed by atoms with Crippen LogP contribution in [0.1, 0.15) is 16.7 Å². The number of thiazole rings is 1. The first-order chi connectivity index (χ1) is 13.4. The van der Waals surface area contributed by atoms with Crippen LogP contribution >= 0.6 is 46.9 Å². The van der Waals surface area contributed by atoms with Gasteiger partial charge in [-0.2, -0.15) is 0 Å². The van der Waals surface area contributed by atoms with Gasteiger partial charge in [0.15, 0.2) is 14.8 Å². The van der Waals surface area contributed by atoms with Gasteiger partial charge in [-0.15, -0.1) is 0 Å². The van der Waals surface area contributed by atoms with E-state index < -0.39 is 0 Å². The number of H-pyrrole nitrogens is 1. The van der Waals surface area contributed by atoms with Crippen molar-refractivity contribution in [1.29, 1.82) is 0 Å². The highest BCUT2D eigenvalue weighted by Gasteiger charge is 2.14. The Bertz CT molecular complexity index is 1290. The molecule has 0 atom stereocenters. The number of aromatic amines is 1. The van der Waals surface area contributed by atoms with Crippen LogP contribution in [0, 0.1) is 17.8 Å². The Morgan fingerprint density at radius 3 is 2.71 bits per heavy atom. The number of hydrogen-bond donors (Lipinski definition) is 1. The van der Waals surface area contributed by atoms with Crippen molar-refractivity contribution >= 4 is 57.3 Å². The van der Waals surface area contributed by atoms with Crippen LogP contribution < -0.4 is 5.56 Å². The topological polar surface area (TPSA) is 50.7 Å². The number of aryl methyl sites for hydroxylation is 2. The minimum Gasteiger partial charge on any atom is -0.300 e. The van der Waals surface area contributed by atoms with Crippen LogP contribution in [-0.2, 0) is 5.75 Å². The smallest absolute Gasteiger partial charge is 0.271 e. The van der Waals surface area contributed by atoms with E-state index in [-0.39, 0.29) is 5.56 Å². The van der Waals surface area contributed by atoms with E-state index in [4.69, 9.17) is 28.8 Å². The van der Waals surface area contributed by atoms with E-state index in [1.807, 2.05) is 16.7 Å². The van der Waals surface area contributed by atoms with Gasteiger partial charge in [-0.05, 0) is 61.5 Å². The molecule has 0 amide bonds. The molecular formula is C20H16ClN3OS3. The number of nitrogens with zero attached hydrogens (tertiary/aromatic N) is 2. The molecule has 0 unspecified atom stereocenters. The number of aromatic nitrogens is 3. The van der Waals surface area contributed by atoms with E-state index in [2.05, 4.69) is 37.0 Å². The largest absolute Gasteiger partial charge is 0.300 e. The third-order valence-electron chi connectivity index (χ3n) is 4.37. The summed E-state index contributed by atoms with van der Waals surface area (Å²) in [7, 11) is 0. The van der Waals surface area contributed by atoms with Gasteiger partial charge in [-0.1, -0.05) is 58.5 Å². The molecule has 142 valence electrons. The van der Waals surface area contributed by atoms with Crippen molar-refractivity contribution < 1.29 is 0 Å². The average Bonchev–Trinajstić information content (AvgIpc) is 3.00. The van der Waals surface area contributed by atoms with Gasteiger partial charge >= 0.3 is 0 Å². The van der Waals surface area contributed by atoms with Crippen molar-refractivity contribution in [2.45, 2.75) is 24.8 Å². The molecule has 2 heterocycles. The third kappa shape index (κ3) is 3.80. The Labute approximate surface area is 180 Å². The summed E-state index contributed by atoms with van der Waals surface area (Å²) in [4.78, 5) is 20.2. The number of rotatable bonds is 4. The molecule has 28 heavy (non-hydrogen) atoms. The second kappa shape index (κ2) is 7.83. The lowest BCUT2D eigenvalue weighted by atomic mass is 10.1. The van der Waals surface area contributed by atoms with Crippen molar-refractivity contribution in [2.24, 2.45) is 0 Å². The van der Waals surface area contributed by atoms with Crippen molar-refractivity contribution in [3.8, 4) is 5.69 Å². The first kappa shape index (κ1) is 19.4. The van der Waals surface area contributed by atoms with Gasteiger partial charge in [0.25, 0.3) is 5.56 Å².